The van der Waals surface area contributed by atoms with Gasteiger partial charge in [0.25, 0.3) is 0 Å². The molecule has 1 aromatic heterocycles. The molecule has 0 atom stereocenters. The van der Waals surface area contributed by atoms with Crippen molar-refractivity contribution in [1.82, 2.24) is 10.3 Å². The minimum Gasteiger partial charge on any atom is -0.490 e. The molecule has 0 bridgehead atoms. The molecule has 0 fully saturated rings. The van der Waals surface area contributed by atoms with Crippen LogP contribution in [0.25, 0.3) is 10.8 Å². The van der Waals surface area contributed by atoms with E-state index in [4.69, 9.17) is 14.5 Å². The van der Waals surface area contributed by atoms with Gasteiger partial charge >= 0.3 is 0 Å². The fourth-order valence-corrected chi connectivity index (χ4v) is 3.15. The van der Waals surface area contributed by atoms with Gasteiger partial charge in [0, 0.05) is 36.3 Å². The third-order valence-electron chi connectivity index (χ3n) is 4.50. The lowest BCUT2D eigenvalue weighted by molar-refractivity contribution is 0.297. The van der Waals surface area contributed by atoms with Crippen LogP contribution in [0.2, 0.25) is 0 Å². The fourth-order valence-electron chi connectivity index (χ4n) is 3.15. The monoisotopic (exact) mass is 376 g/mol. The summed E-state index contributed by atoms with van der Waals surface area (Å²) in [5.74, 6) is 2.24. The van der Waals surface area contributed by atoms with Crippen LogP contribution in [-0.2, 0) is 6.54 Å². The molecule has 0 saturated carbocycles. The summed E-state index contributed by atoms with van der Waals surface area (Å²) in [6.07, 6.45) is 2.72. The quantitative estimate of drug-likeness (QED) is 0.533. The van der Waals surface area contributed by atoms with Crippen molar-refractivity contribution < 1.29 is 9.47 Å². The van der Waals surface area contributed by atoms with Crippen LogP contribution >= 0.6 is 0 Å². The Morgan fingerprint density at radius 3 is 2.82 bits per heavy atom. The highest BCUT2D eigenvalue weighted by Crippen LogP contribution is 2.32. The molecule has 28 heavy (non-hydrogen) atoms. The summed E-state index contributed by atoms with van der Waals surface area (Å²) >= 11 is 0. The van der Waals surface area contributed by atoms with Crippen molar-refractivity contribution in [3.8, 4) is 11.5 Å². The molecule has 1 aliphatic heterocycles. The predicted molar refractivity (Wildman–Crippen MR) is 112 cm³/mol. The van der Waals surface area contributed by atoms with Gasteiger partial charge in [-0.05, 0) is 30.5 Å². The van der Waals surface area contributed by atoms with Gasteiger partial charge < -0.3 is 20.1 Å². The number of benzene rings is 2. The number of aromatic nitrogens is 1. The second-order valence-electron chi connectivity index (χ2n) is 6.51. The molecule has 144 valence electrons. The van der Waals surface area contributed by atoms with Gasteiger partial charge in [0.15, 0.2) is 17.5 Å². The van der Waals surface area contributed by atoms with Crippen LogP contribution in [0.3, 0.4) is 0 Å². The van der Waals surface area contributed by atoms with Crippen molar-refractivity contribution in [2.75, 3.05) is 25.1 Å². The van der Waals surface area contributed by atoms with E-state index in [1.165, 1.54) is 5.39 Å². The first-order valence-electron chi connectivity index (χ1n) is 9.61. The topological polar surface area (TPSA) is 67.8 Å². The highest BCUT2D eigenvalue weighted by molar-refractivity contribution is 5.94. The number of nitrogens with one attached hydrogen (secondary N) is 2. The molecule has 1 aliphatic rings. The lowest BCUT2D eigenvalue weighted by Gasteiger charge is -2.14. The Labute approximate surface area is 164 Å². The Morgan fingerprint density at radius 2 is 1.93 bits per heavy atom. The van der Waals surface area contributed by atoms with Crippen LogP contribution in [0.5, 0.6) is 11.5 Å². The number of aliphatic imine (C=N–C) groups is 1. The molecule has 0 spiro atoms. The molecule has 0 unspecified atom stereocenters. The molecular weight excluding hydrogens is 352 g/mol. The molecule has 2 N–H and O–H groups in total. The zero-order valence-corrected chi connectivity index (χ0v) is 15.9. The molecule has 6 heteroatoms. The van der Waals surface area contributed by atoms with E-state index in [9.17, 15) is 0 Å². The molecule has 4 rings (SSSR count). The van der Waals surface area contributed by atoms with Gasteiger partial charge in [-0.3, -0.25) is 4.98 Å². The standard InChI is InChI=1S/C22H24N4O2/c1-2-23-22(25-15-19-18-7-4-3-6-16(18)10-11-24-19)26-17-8-9-20-21(14-17)28-13-5-12-27-20/h3-4,6-11,14H,2,5,12-13,15H2,1H3,(H2,23,25,26). The van der Waals surface area contributed by atoms with E-state index in [-0.39, 0.29) is 0 Å². The fraction of sp³-hybridized carbons (Fsp3) is 0.273. The van der Waals surface area contributed by atoms with Crippen molar-refractivity contribution in [3.63, 3.8) is 0 Å². The van der Waals surface area contributed by atoms with E-state index in [1.54, 1.807) is 0 Å². The maximum Gasteiger partial charge on any atom is 0.196 e. The Hall–Kier alpha value is -3.28. The molecule has 3 aromatic rings. The molecule has 0 saturated heterocycles. The van der Waals surface area contributed by atoms with Gasteiger partial charge in [-0.15, -0.1) is 0 Å². The summed E-state index contributed by atoms with van der Waals surface area (Å²) in [6, 6.07) is 16.1. The van der Waals surface area contributed by atoms with Crippen molar-refractivity contribution in [2.45, 2.75) is 19.9 Å². The Bertz CT molecular complexity index is 982. The Morgan fingerprint density at radius 1 is 1.07 bits per heavy atom. The van der Waals surface area contributed by atoms with Crippen LogP contribution in [-0.4, -0.2) is 30.7 Å². The SMILES string of the molecule is CCNC(=NCc1nccc2ccccc12)Nc1ccc2c(c1)OCCCO2. The first kappa shape index (κ1) is 18.1. The molecule has 0 amide bonds. The number of pyridine rings is 1. The third-order valence-corrected chi connectivity index (χ3v) is 4.50. The van der Waals surface area contributed by atoms with Crippen LogP contribution in [0.15, 0.2) is 59.7 Å². The van der Waals surface area contributed by atoms with E-state index in [1.807, 2.05) is 49.5 Å². The average molecular weight is 376 g/mol. The minimum atomic E-state index is 0.487. The second-order valence-corrected chi connectivity index (χ2v) is 6.51. The number of nitrogens with zero attached hydrogens (tertiary/aromatic N) is 2. The largest absolute Gasteiger partial charge is 0.490 e. The maximum atomic E-state index is 5.77. The Kier molecular flexibility index (Phi) is 5.56. The zero-order chi connectivity index (χ0) is 19.2. The highest BCUT2D eigenvalue weighted by atomic mass is 16.5. The number of hydrogen-bond donors (Lipinski definition) is 2. The van der Waals surface area contributed by atoms with Crippen molar-refractivity contribution in [2.24, 2.45) is 4.99 Å². The van der Waals surface area contributed by atoms with Gasteiger partial charge in [0.05, 0.1) is 25.5 Å². The average Bonchev–Trinajstić information content (AvgIpc) is 2.97. The summed E-state index contributed by atoms with van der Waals surface area (Å²) in [6.45, 7) is 4.64. The van der Waals surface area contributed by atoms with Crippen molar-refractivity contribution >= 4 is 22.4 Å². The van der Waals surface area contributed by atoms with Gasteiger partial charge in [0.2, 0.25) is 0 Å². The van der Waals surface area contributed by atoms with Crippen LogP contribution < -0.4 is 20.1 Å². The van der Waals surface area contributed by atoms with Crippen molar-refractivity contribution in [1.29, 1.82) is 0 Å². The Balaban J connectivity index is 1.54. The first-order chi connectivity index (χ1) is 13.8. The number of ether oxygens (including phenoxy) is 2. The lowest BCUT2D eigenvalue weighted by atomic mass is 10.1. The summed E-state index contributed by atoms with van der Waals surface area (Å²) in [5, 5.41) is 8.92. The molecule has 0 radical (unpaired) electrons. The van der Waals surface area contributed by atoms with E-state index in [2.05, 4.69) is 27.8 Å². The van der Waals surface area contributed by atoms with Gasteiger partial charge in [-0.2, -0.15) is 0 Å². The molecule has 6 nitrogen and oxygen atoms in total. The first-order valence-corrected chi connectivity index (χ1v) is 9.61. The summed E-state index contributed by atoms with van der Waals surface area (Å²) in [4.78, 5) is 9.23. The van der Waals surface area contributed by atoms with E-state index < -0.39 is 0 Å². The smallest absolute Gasteiger partial charge is 0.196 e. The molecular formula is C22H24N4O2. The molecule has 2 heterocycles. The van der Waals surface area contributed by atoms with E-state index in [0.29, 0.717) is 25.7 Å². The maximum absolute atomic E-state index is 5.77. The molecule has 2 aromatic carbocycles. The molecule has 0 aliphatic carbocycles. The zero-order valence-electron chi connectivity index (χ0n) is 15.9. The number of hydrogen-bond acceptors (Lipinski definition) is 4. The summed E-state index contributed by atoms with van der Waals surface area (Å²) in [5.41, 5.74) is 1.85. The normalized spacial score (nSPS) is 13.8. The minimum absolute atomic E-state index is 0.487. The number of guanidine groups is 1. The third kappa shape index (κ3) is 4.17. The number of anilines is 1. The van der Waals surface area contributed by atoms with Crippen LogP contribution in [0.4, 0.5) is 5.69 Å². The second kappa shape index (κ2) is 8.61. The van der Waals surface area contributed by atoms with Crippen molar-refractivity contribution in [3.05, 3.63) is 60.4 Å². The van der Waals surface area contributed by atoms with E-state index in [0.717, 1.165) is 41.2 Å². The summed E-state index contributed by atoms with van der Waals surface area (Å²) < 4.78 is 11.5. The predicted octanol–water partition coefficient (Wildman–Crippen LogP) is 3.97. The van der Waals surface area contributed by atoms with Crippen LogP contribution in [0.1, 0.15) is 19.0 Å². The number of fused-ring (bicyclic) bond motifs is 2. The highest BCUT2D eigenvalue weighted by Gasteiger charge is 2.11. The summed E-state index contributed by atoms with van der Waals surface area (Å²) in [7, 11) is 0. The van der Waals surface area contributed by atoms with E-state index >= 15 is 0 Å². The van der Waals surface area contributed by atoms with Gasteiger partial charge in [-0.25, -0.2) is 4.99 Å². The lowest BCUT2D eigenvalue weighted by Crippen LogP contribution is -2.30. The van der Waals surface area contributed by atoms with Gasteiger partial charge in [0.1, 0.15) is 0 Å². The van der Waals surface area contributed by atoms with Crippen LogP contribution in [0, 0.1) is 0 Å². The number of rotatable bonds is 4. The van der Waals surface area contributed by atoms with Gasteiger partial charge in [-0.1, -0.05) is 24.3 Å².